The van der Waals surface area contributed by atoms with Gasteiger partial charge in [0.2, 0.25) is 10.0 Å². The molecule has 8 heteroatoms. The van der Waals surface area contributed by atoms with Crippen molar-refractivity contribution in [2.24, 2.45) is 0 Å². The first kappa shape index (κ1) is 16.8. The third kappa shape index (κ3) is 3.70. The Hall–Kier alpha value is -2.06. The summed E-state index contributed by atoms with van der Waals surface area (Å²) >= 11 is 0. The van der Waals surface area contributed by atoms with Crippen molar-refractivity contribution in [2.75, 3.05) is 18.4 Å². The van der Waals surface area contributed by atoms with E-state index in [2.05, 4.69) is 15.3 Å². The molecule has 0 atom stereocenters. The minimum atomic E-state index is -3.65. The van der Waals surface area contributed by atoms with Gasteiger partial charge in [-0.25, -0.2) is 22.8 Å². The van der Waals surface area contributed by atoms with E-state index < -0.39 is 15.8 Å². The fourth-order valence-electron chi connectivity index (χ4n) is 2.76. The van der Waals surface area contributed by atoms with E-state index in [1.54, 1.807) is 0 Å². The van der Waals surface area contributed by atoms with E-state index >= 15 is 0 Å². The molecule has 0 radical (unpaired) electrons. The Kier molecular flexibility index (Phi) is 4.77. The van der Waals surface area contributed by atoms with E-state index in [1.165, 1.54) is 28.8 Å². The van der Waals surface area contributed by atoms with Crippen molar-refractivity contribution in [3.8, 4) is 0 Å². The summed E-state index contributed by atoms with van der Waals surface area (Å²) in [6, 6.07) is 7.14. The maximum absolute atomic E-state index is 13.3. The molecule has 0 spiro atoms. The molecule has 1 fully saturated rings. The quantitative estimate of drug-likeness (QED) is 0.915. The van der Waals surface area contributed by atoms with Crippen molar-refractivity contribution < 1.29 is 12.8 Å². The number of rotatable bonds is 4. The van der Waals surface area contributed by atoms with Crippen LogP contribution in [0.1, 0.15) is 18.5 Å². The molecule has 1 saturated heterocycles. The number of hydrogen-bond donors (Lipinski definition) is 1. The minimum Gasteiger partial charge on any atom is -0.367 e. The highest BCUT2D eigenvalue weighted by molar-refractivity contribution is 7.89. The maximum atomic E-state index is 13.3. The van der Waals surface area contributed by atoms with Crippen LogP contribution >= 0.6 is 0 Å². The highest BCUT2D eigenvalue weighted by Gasteiger charge is 2.29. The van der Waals surface area contributed by atoms with Crippen LogP contribution in [0.15, 0.2) is 41.6 Å². The Morgan fingerprint density at radius 2 is 1.96 bits per heavy atom. The average molecular weight is 350 g/mol. The van der Waals surface area contributed by atoms with Crippen LogP contribution < -0.4 is 5.32 Å². The number of anilines is 1. The Balaban J connectivity index is 1.64. The molecule has 0 bridgehead atoms. The van der Waals surface area contributed by atoms with Gasteiger partial charge < -0.3 is 5.32 Å². The lowest BCUT2D eigenvalue weighted by molar-refractivity contribution is 0.329. The molecule has 1 aromatic carbocycles. The van der Waals surface area contributed by atoms with Crippen LogP contribution in [0.3, 0.4) is 0 Å². The van der Waals surface area contributed by atoms with Gasteiger partial charge in [-0.3, -0.25) is 0 Å². The average Bonchev–Trinajstić information content (AvgIpc) is 2.55. The molecular formula is C16H19FN4O2S. The molecule has 0 amide bonds. The minimum absolute atomic E-state index is 0.000310. The number of nitrogens with zero attached hydrogens (tertiary/aromatic N) is 3. The van der Waals surface area contributed by atoms with Gasteiger partial charge in [-0.2, -0.15) is 4.31 Å². The smallest absolute Gasteiger partial charge is 0.243 e. The second kappa shape index (κ2) is 6.82. The SMILES string of the molecule is Cc1cc(NC2CCN(S(=O)(=O)c3cccc(F)c3)CC2)ncn1. The van der Waals surface area contributed by atoms with Gasteiger partial charge in [0.1, 0.15) is 18.0 Å². The van der Waals surface area contributed by atoms with Crippen molar-refractivity contribution in [2.45, 2.75) is 30.7 Å². The lowest BCUT2D eigenvalue weighted by Crippen LogP contribution is -2.42. The van der Waals surface area contributed by atoms with Crippen LogP contribution in [0.25, 0.3) is 0 Å². The number of nitrogens with one attached hydrogen (secondary N) is 1. The molecule has 2 aromatic rings. The fourth-order valence-corrected chi connectivity index (χ4v) is 4.26. The fraction of sp³-hybridized carbons (Fsp3) is 0.375. The van der Waals surface area contributed by atoms with E-state index in [0.717, 1.165) is 17.6 Å². The zero-order valence-corrected chi connectivity index (χ0v) is 14.1. The van der Waals surface area contributed by atoms with Gasteiger partial charge in [0.15, 0.2) is 0 Å². The summed E-state index contributed by atoms with van der Waals surface area (Å²) in [6.07, 6.45) is 2.83. The molecule has 1 aliphatic heterocycles. The highest BCUT2D eigenvalue weighted by Crippen LogP contribution is 2.22. The second-order valence-corrected chi connectivity index (χ2v) is 7.76. The van der Waals surface area contributed by atoms with E-state index in [4.69, 9.17) is 0 Å². The Bertz CT molecular complexity index is 820. The molecule has 0 aliphatic carbocycles. The highest BCUT2D eigenvalue weighted by atomic mass is 32.2. The Morgan fingerprint density at radius 3 is 2.62 bits per heavy atom. The van der Waals surface area contributed by atoms with Gasteiger partial charge in [-0.15, -0.1) is 0 Å². The lowest BCUT2D eigenvalue weighted by Gasteiger charge is -2.31. The summed E-state index contributed by atoms with van der Waals surface area (Å²) in [5.74, 6) is 0.195. The summed E-state index contributed by atoms with van der Waals surface area (Å²) in [6.45, 7) is 2.67. The second-order valence-electron chi connectivity index (χ2n) is 5.82. The molecule has 24 heavy (non-hydrogen) atoms. The number of halogens is 1. The summed E-state index contributed by atoms with van der Waals surface area (Å²) in [4.78, 5) is 8.21. The maximum Gasteiger partial charge on any atom is 0.243 e. The van der Waals surface area contributed by atoms with Crippen molar-refractivity contribution in [3.05, 3.63) is 48.2 Å². The monoisotopic (exact) mass is 350 g/mol. The van der Waals surface area contributed by atoms with Crippen molar-refractivity contribution in [3.63, 3.8) is 0 Å². The van der Waals surface area contributed by atoms with Gasteiger partial charge in [-0.05, 0) is 38.0 Å². The molecule has 1 aromatic heterocycles. The first-order valence-electron chi connectivity index (χ1n) is 7.76. The summed E-state index contributed by atoms with van der Waals surface area (Å²) in [7, 11) is -3.65. The standard InChI is InChI=1S/C16H19FN4O2S/c1-12-9-16(19-11-18-12)20-14-5-7-21(8-6-14)24(22,23)15-4-2-3-13(17)10-15/h2-4,9-11,14H,5-8H2,1H3,(H,18,19,20). The predicted molar refractivity (Wildman–Crippen MR) is 88.6 cm³/mol. The van der Waals surface area contributed by atoms with E-state index in [0.29, 0.717) is 25.9 Å². The predicted octanol–water partition coefficient (Wildman–Crippen LogP) is 2.19. The molecule has 6 nitrogen and oxygen atoms in total. The topological polar surface area (TPSA) is 75.2 Å². The van der Waals surface area contributed by atoms with Gasteiger partial charge in [0.25, 0.3) is 0 Å². The summed E-state index contributed by atoms with van der Waals surface area (Å²) in [5.41, 5.74) is 0.874. The Labute approximate surface area is 140 Å². The van der Waals surface area contributed by atoms with Crippen molar-refractivity contribution >= 4 is 15.8 Å². The molecular weight excluding hydrogens is 331 g/mol. The third-order valence-corrected chi connectivity index (χ3v) is 5.94. The number of aromatic nitrogens is 2. The van der Waals surface area contributed by atoms with E-state index in [9.17, 15) is 12.8 Å². The molecule has 128 valence electrons. The van der Waals surface area contributed by atoms with Crippen LogP contribution in [0.5, 0.6) is 0 Å². The van der Waals surface area contributed by atoms with Crippen LogP contribution in [-0.4, -0.2) is 41.8 Å². The van der Waals surface area contributed by atoms with Gasteiger partial charge >= 0.3 is 0 Å². The van der Waals surface area contributed by atoms with E-state index in [1.807, 2.05) is 13.0 Å². The van der Waals surface area contributed by atoms with Gasteiger partial charge in [-0.1, -0.05) is 6.07 Å². The zero-order chi connectivity index (χ0) is 17.2. The van der Waals surface area contributed by atoms with Crippen molar-refractivity contribution in [1.29, 1.82) is 0 Å². The lowest BCUT2D eigenvalue weighted by atomic mass is 10.1. The normalized spacial score (nSPS) is 16.9. The number of aryl methyl sites for hydroxylation is 1. The summed E-state index contributed by atoms with van der Waals surface area (Å²) < 4.78 is 39.8. The molecule has 1 aliphatic rings. The number of benzene rings is 1. The first-order chi connectivity index (χ1) is 11.4. The summed E-state index contributed by atoms with van der Waals surface area (Å²) in [5, 5.41) is 3.31. The third-order valence-electron chi connectivity index (χ3n) is 4.04. The van der Waals surface area contributed by atoms with E-state index in [-0.39, 0.29) is 10.9 Å². The van der Waals surface area contributed by atoms with Gasteiger partial charge in [0.05, 0.1) is 4.90 Å². The number of hydrogen-bond acceptors (Lipinski definition) is 5. The number of piperidine rings is 1. The molecule has 0 unspecified atom stereocenters. The molecule has 1 N–H and O–H groups in total. The van der Waals surface area contributed by atoms with Crippen LogP contribution in [0.2, 0.25) is 0 Å². The largest absolute Gasteiger partial charge is 0.367 e. The molecule has 3 rings (SSSR count). The first-order valence-corrected chi connectivity index (χ1v) is 9.20. The molecule has 0 saturated carbocycles. The van der Waals surface area contributed by atoms with Crippen LogP contribution in [-0.2, 0) is 10.0 Å². The van der Waals surface area contributed by atoms with Gasteiger partial charge in [0, 0.05) is 30.9 Å². The van der Waals surface area contributed by atoms with Crippen LogP contribution in [0.4, 0.5) is 10.2 Å². The zero-order valence-electron chi connectivity index (χ0n) is 13.3. The number of sulfonamides is 1. The van der Waals surface area contributed by atoms with Crippen LogP contribution in [0, 0.1) is 12.7 Å². The van der Waals surface area contributed by atoms with Crippen molar-refractivity contribution in [1.82, 2.24) is 14.3 Å². The Morgan fingerprint density at radius 1 is 1.21 bits per heavy atom. The molecule has 2 heterocycles.